The summed E-state index contributed by atoms with van der Waals surface area (Å²) in [5.41, 5.74) is 1.96. The Morgan fingerprint density at radius 2 is 1.70 bits per heavy atom. The molecule has 0 aromatic heterocycles. The quantitative estimate of drug-likeness (QED) is 0.731. The second-order valence-electron chi connectivity index (χ2n) is 4.73. The number of halogens is 3. The van der Waals surface area contributed by atoms with Crippen molar-refractivity contribution in [3.8, 4) is 5.75 Å². The molecule has 0 aliphatic rings. The van der Waals surface area contributed by atoms with E-state index in [0.29, 0.717) is 11.3 Å². The van der Waals surface area contributed by atoms with E-state index in [1.54, 1.807) is 6.07 Å². The molecule has 20 heavy (non-hydrogen) atoms. The molecule has 0 amide bonds. The number of alkyl halides is 1. The van der Waals surface area contributed by atoms with Crippen LogP contribution in [0.25, 0.3) is 0 Å². The second kappa shape index (κ2) is 5.80. The Labute approximate surface area is 122 Å². The zero-order valence-electron chi connectivity index (χ0n) is 11.5. The molecule has 0 fully saturated rings. The molecule has 0 radical (unpaired) electrons. The number of aryl methyl sites for hydroxylation is 2. The third-order valence-electron chi connectivity index (χ3n) is 3.21. The topological polar surface area (TPSA) is 9.23 Å². The number of benzene rings is 2. The lowest BCUT2D eigenvalue weighted by Crippen LogP contribution is -2.02. The van der Waals surface area contributed by atoms with E-state index >= 15 is 0 Å². The van der Waals surface area contributed by atoms with Gasteiger partial charge in [-0.15, -0.1) is 11.6 Å². The molecule has 0 heterocycles. The maximum Gasteiger partial charge on any atom is 0.128 e. The van der Waals surface area contributed by atoms with Crippen molar-refractivity contribution in [2.45, 2.75) is 19.2 Å². The molecule has 0 saturated carbocycles. The third-order valence-corrected chi connectivity index (χ3v) is 3.68. The number of ether oxygens (including phenoxy) is 1. The van der Waals surface area contributed by atoms with Gasteiger partial charge in [-0.2, -0.15) is 0 Å². The highest BCUT2D eigenvalue weighted by atomic mass is 35.5. The van der Waals surface area contributed by atoms with Crippen molar-refractivity contribution in [2.75, 3.05) is 7.11 Å². The van der Waals surface area contributed by atoms with Crippen LogP contribution in [0.15, 0.2) is 30.3 Å². The molecule has 0 N–H and O–H groups in total. The first kappa shape index (κ1) is 14.8. The van der Waals surface area contributed by atoms with Crippen LogP contribution in [-0.2, 0) is 0 Å². The van der Waals surface area contributed by atoms with E-state index in [2.05, 4.69) is 0 Å². The fourth-order valence-electron chi connectivity index (χ4n) is 2.08. The summed E-state index contributed by atoms with van der Waals surface area (Å²) >= 11 is 6.33. The summed E-state index contributed by atoms with van der Waals surface area (Å²) in [4.78, 5) is 0. The van der Waals surface area contributed by atoms with Gasteiger partial charge < -0.3 is 4.74 Å². The first-order chi connectivity index (χ1) is 9.43. The van der Waals surface area contributed by atoms with E-state index in [1.807, 2.05) is 19.1 Å². The highest BCUT2D eigenvalue weighted by Crippen LogP contribution is 2.37. The van der Waals surface area contributed by atoms with Crippen LogP contribution in [0.4, 0.5) is 8.78 Å². The van der Waals surface area contributed by atoms with Gasteiger partial charge in [0, 0.05) is 11.1 Å². The molecular formula is C16H15ClF2O. The fraction of sp³-hybridized carbons (Fsp3) is 0.250. The number of hydrogen-bond donors (Lipinski definition) is 0. The highest BCUT2D eigenvalue weighted by Gasteiger charge is 2.20. The standard InChI is InChI=1S/C16H15ClF2O/c1-9-4-5-15(20-3)12(6-9)16(17)11-8-13(18)10(2)7-14(11)19/h4-8,16H,1-3H3. The number of methoxy groups -OCH3 is 1. The predicted molar refractivity (Wildman–Crippen MR) is 76.5 cm³/mol. The van der Waals surface area contributed by atoms with Crippen LogP contribution < -0.4 is 4.74 Å². The average molecular weight is 297 g/mol. The van der Waals surface area contributed by atoms with Crippen molar-refractivity contribution < 1.29 is 13.5 Å². The van der Waals surface area contributed by atoms with Gasteiger partial charge in [0.2, 0.25) is 0 Å². The summed E-state index contributed by atoms with van der Waals surface area (Å²) in [7, 11) is 1.52. The minimum Gasteiger partial charge on any atom is -0.496 e. The first-order valence-corrected chi connectivity index (χ1v) is 6.62. The molecule has 0 aliphatic heterocycles. The molecule has 2 aromatic rings. The van der Waals surface area contributed by atoms with Gasteiger partial charge in [-0.3, -0.25) is 0 Å². The summed E-state index contributed by atoms with van der Waals surface area (Å²) in [6, 6.07) is 7.75. The van der Waals surface area contributed by atoms with Crippen molar-refractivity contribution in [1.82, 2.24) is 0 Å². The van der Waals surface area contributed by atoms with Crippen LogP contribution in [0.1, 0.15) is 27.6 Å². The van der Waals surface area contributed by atoms with Gasteiger partial charge in [-0.1, -0.05) is 17.7 Å². The van der Waals surface area contributed by atoms with E-state index in [-0.39, 0.29) is 11.1 Å². The van der Waals surface area contributed by atoms with Gasteiger partial charge in [0.1, 0.15) is 17.4 Å². The largest absolute Gasteiger partial charge is 0.496 e. The normalized spacial score (nSPS) is 12.3. The molecule has 0 bridgehead atoms. The van der Waals surface area contributed by atoms with Crippen LogP contribution in [0.3, 0.4) is 0 Å². The van der Waals surface area contributed by atoms with Gasteiger partial charge >= 0.3 is 0 Å². The Kier molecular flexibility index (Phi) is 4.29. The fourth-order valence-corrected chi connectivity index (χ4v) is 2.41. The first-order valence-electron chi connectivity index (χ1n) is 6.18. The maximum absolute atomic E-state index is 14.0. The summed E-state index contributed by atoms with van der Waals surface area (Å²) in [5, 5.41) is -0.806. The van der Waals surface area contributed by atoms with Crippen LogP contribution in [0.2, 0.25) is 0 Å². The van der Waals surface area contributed by atoms with Crippen molar-refractivity contribution in [2.24, 2.45) is 0 Å². The zero-order valence-corrected chi connectivity index (χ0v) is 12.3. The van der Waals surface area contributed by atoms with Gasteiger partial charge in [-0.05, 0) is 37.6 Å². The maximum atomic E-state index is 14.0. The Morgan fingerprint density at radius 3 is 2.35 bits per heavy atom. The molecule has 0 saturated heterocycles. The smallest absolute Gasteiger partial charge is 0.128 e. The highest BCUT2D eigenvalue weighted by molar-refractivity contribution is 6.22. The van der Waals surface area contributed by atoms with E-state index in [1.165, 1.54) is 14.0 Å². The minimum absolute atomic E-state index is 0.110. The average Bonchev–Trinajstić information content (AvgIpc) is 2.42. The summed E-state index contributed by atoms with van der Waals surface area (Å²) in [6.45, 7) is 3.41. The van der Waals surface area contributed by atoms with E-state index in [0.717, 1.165) is 17.7 Å². The SMILES string of the molecule is COc1ccc(C)cc1C(Cl)c1cc(F)c(C)cc1F. The Morgan fingerprint density at radius 1 is 1.00 bits per heavy atom. The molecule has 1 nitrogen and oxygen atoms in total. The second-order valence-corrected chi connectivity index (χ2v) is 5.17. The lowest BCUT2D eigenvalue weighted by atomic mass is 10.00. The monoisotopic (exact) mass is 296 g/mol. The predicted octanol–water partition coefficient (Wildman–Crippen LogP) is 4.92. The molecular weight excluding hydrogens is 282 g/mol. The van der Waals surface area contributed by atoms with Gasteiger partial charge in [0.05, 0.1) is 12.5 Å². The molecule has 2 aromatic carbocycles. The van der Waals surface area contributed by atoms with Crippen molar-refractivity contribution in [1.29, 1.82) is 0 Å². The number of hydrogen-bond acceptors (Lipinski definition) is 1. The molecule has 2 rings (SSSR count). The van der Waals surface area contributed by atoms with Crippen molar-refractivity contribution in [3.63, 3.8) is 0 Å². The molecule has 0 spiro atoms. The lowest BCUT2D eigenvalue weighted by Gasteiger charge is -2.16. The van der Waals surface area contributed by atoms with E-state index in [9.17, 15) is 8.78 Å². The molecule has 1 atom stereocenters. The zero-order chi connectivity index (χ0) is 14.9. The summed E-state index contributed by atoms with van der Waals surface area (Å²) in [6.07, 6.45) is 0. The number of rotatable bonds is 3. The summed E-state index contributed by atoms with van der Waals surface area (Å²) < 4.78 is 32.9. The molecule has 106 valence electrons. The van der Waals surface area contributed by atoms with Crippen LogP contribution in [0, 0.1) is 25.5 Å². The van der Waals surface area contributed by atoms with Gasteiger partial charge in [-0.25, -0.2) is 8.78 Å². The molecule has 4 heteroatoms. The molecule has 1 unspecified atom stereocenters. The Bertz CT molecular complexity index is 641. The van der Waals surface area contributed by atoms with Crippen molar-refractivity contribution >= 4 is 11.6 Å². The van der Waals surface area contributed by atoms with Gasteiger partial charge in [0.25, 0.3) is 0 Å². The Balaban J connectivity index is 2.54. The van der Waals surface area contributed by atoms with Crippen LogP contribution >= 0.6 is 11.6 Å². The van der Waals surface area contributed by atoms with Crippen LogP contribution in [0.5, 0.6) is 5.75 Å². The third kappa shape index (κ3) is 2.78. The summed E-state index contributed by atoms with van der Waals surface area (Å²) in [5.74, 6) is -0.442. The van der Waals surface area contributed by atoms with Crippen molar-refractivity contribution in [3.05, 3.63) is 64.2 Å². The Hall–Kier alpha value is -1.61. The van der Waals surface area contributed by atoms with Crippen LogP contribution in [-0.4, -0.2) is 7.11 Å². The minimum atomic E-state index is -0.806. The molecule has 0 aliphatic carbocycles. The van der Waals surface area contributed by atoms with E-state index in [4.69, 9.17) is 16.3 Å². The lowest BCUT2D eigenvalue weighted by molar-refractivity contribution is 0.409. The van der Waals surface area contributed by atoms with E-state index < -0.39 is 17.0 Å². The van der Waals surface area contributed by atoms with Gasteiger partial charge in [0.15, 0.2) is 0 Å².